The number of hydrogen-bond donors (Lipinski definition) is 2. The van der Waals surface area contributed by atoms with Gasteiger partial charge in [0.2, 0.25) is 0 Å². The number of hydrogen-bond acceptors (Lipinski definition) is 6. The van der Waals surface area contributed by atoms with E-state index in [1.807, 2.05) is 0 Å². The van der Waals surface area contributed by atoms with Crippen molar-refractivity contribution in [3.05, 3.63) is 60.2 Å². The first-order valence-electron chi connectivity index (χ1n) is 7.38. The third-order valence-electron chi connectivity index (χ3n) is 2.87. The molecule has 2 rings (SSSR count). The van der Waals surface area contributed by atoms with E-state index in [4.69, 9.17) is 0 Å². The molecule has 0 atom stereocenters. The highest BCUT2D eigenvalue weighted by Gasteiger charge is 2.05. The Morgan fingerprint density at radius 2 is 1.29 bits per heavy atom. The quantitative estimate of drug-likeness (QED) is 0.524. The fraction of sp³-hybridized carbons (Fsp3) is 0.250. The van der Waals surface area contributed by atoms with Gasteiger partial charge in [0.15, 0.2) is 0 Å². The SMILES string of the molecule is O=C(NCCSSCCNC(=O)c1cccnc1)c1cccnc1. The summed E-state index contributed by atoms with van der Waals surface area (Å²) < 4.78 is 0. The second-order valence-corrected chi connectivity index (χ2v) is 7.34. The smallest absolute Gasteiger partial charge is 0.252 e. The van der Waals surface area contributed by atoms with Crippen molar-refractivity contribution in [3.63, 3.8) is 0 Å². The van der Waals surface area contributed by atoms with Gasteiger partial charge in [0.05, 0.1) is 11.1 Å². The third kappa shape index (κ3) is 6.59. The standard InChI is InChI=1S/C16H18N4O2S2/c21-15(13-3-1-5-17-11-13)19-7-9-23-24-10-8-20-16(22)14-4-2-6-18-12-14/h1-6,11-12H,7-10H2,(H,19,21)(H,20,22). The predicted octanol–water partition coefficient (Wildman–Crippen LogP) is 2.02. The number of nitrogens with zero attached hydrogens (tertiary/aromatic N) is 2. The number of carbonyl (C=O) groups is 2. The highest BCUT2D eigenvalue weighted by atomic mass is 33.1. The van der Waals surface area contributed by atoms with Gasteiger partial charge < -0.3 is 10.6 Å². The van der Waals surface area contributed by atoms with E-state index in [0.29, 0.717) is 24.2 Å². The summed E-state index contributed by atoms with van der Waals surface area (Å²) in [6.07, 6.45) is 6.36. The summed E-state index contributed by atoms with van der Waals surface area (Å²) in [5.41, 5.74) is 1.13. The number of aromatic nitrogens is 2. The van der Waals surface area contributed by atoms with E-state index in [1.54, 1.807) is 70.6 Å². The second kappa shape index (κ2) is 10.7. The number of carbonyl (C=O) groups excluding carboxylic acids is 2. The summed E-state index contributed by atoms with van der Waals surface area (Å²) in [6, 6.07) is 6.93. The molecule has 0 bridgehead atoms. The van der Waals surface area contributed by atoms with Crippen molar-refractivity contribution in [2.45, 2.75) is 0 Å². The lowest BCUT2D eigenvalue weighted by atomic mass is 10.3. The third-order valence-corrected chi connectivity index (χ3v) is 5.28. The minimum Gasteiger partial charge on any atom is -0.351 e. The molecule has 0 aliphatic carbocycles. The molecule has 0 unspecified atom stereocenters. The normalized spacial score (nSPS) is 10.2. The monoisotopic (exact) mass is 362 g/mol. The predicted molar refractivity (Wildman–Crippen MR) is 98.1 cm³/mol. The highest BCUT2D eigenvalue weighted by molar-refractivity contribution is 8.76. The summed E-state index contributed by atoms with van der Waals surface area (Å²) in [7, 11) is 3.32. The molecule has 2 N–H and O–H groups in total. The number of amides is 2. The summed E-state index contributed by atoms with van der Waals surface area (Å²) in [5.74, 6) is 1.37. The lowest BCUT2D eigenvalue weighted by molar-refractivity contribution is 0.0947. The van der Waals surface area contributed by atoms with Crippen LogP contribution >= 0.6 is 21.6 Å². The van der Waals surface area contributed by atoms with Crippen LogP contribution in [0.4, 0.5) is 0 Å². The lowest BCUT2D eigenvalue weighted by Gasteiger charge is -2.06. The molecular weight excluding hydrogens is 344 g/mol. The van der Waals surface area contributed by atoms with Crippen LogP contribution in [0.5, 0.6) is 0 Å². The second-order valence-electron chi connectivity index (χ2n) is 4.64. The topological polar surface area (TPSA) is 84.0 Å². The fourth-order valence-corrected chi connectivity index (χ4v) is 3.54. The van der Waals surface area contributed by atoms with Crippen molar-refractivity contribution >= 4 is 33.4 Å². The maximum atomic E-state index is 11.8. The van der Waals surface area contributed by atoms with Crippen LogP contribution in [-0.2, 0) is 0 Å². The van der Waals surface area contributed by atoms with Crippen molar-refractivity contribution in [2.75, 3.05) is 24.6 Å². The maximum Gasteiger partial charge on any atom is 0.252 e. The largest absolute Gasteiger partial charge is 0.351 e. The van der Waals surface area contributed by atoms with Crippen LogP contribution in [-0.4, -0.2) is 46.4 Å². The number of nitrogens with one attached hydrogen (secondary N) is 2. The lowest BCUT2D eigenvalue weighted by Crippen LogP contribution is -2.26. The molecule has 0 saturated heterocycles. The van der Waals surface area contributed by atoms with Crippen LogP contribution in [0.3, 0.4) is 0 Å². The molecule has 2 aromatic heterocycles. The molecule has 24 heavy (non-hydrogen) atoms. The Bertz CT molecular complexity index is 584. The summed E-state index contributed by atoms with van der Waals surface area (Å²) in [5, 5.41) is 5.68. The molecule has 2 heterocycles. The van der Waals surface area contributed by atoms with E-state index in [-0.39, 0.29) is 11.8 Å². The van der Waals surface area contributed by atoms with E-state index in [1.165, 1.54) is 0 Å². The summed E-state index contributed by atoms with van der Waals surface area (Å²) >= 11 is 0. The van der Waals surface area contributed by atoms with E-state index in [0.717, 1.165) is 11.5 Å². The Morgan fingerprint density at radius 3 is 1.67 bits per heavy atom. The molecule has 0 aromatic carbocycles. The van der Waals surface area contributed by atoms with Crippen molar-refractivity contribution in [2.24, 2.45) is 0 Å². The Kier molecular flexibility index (Phi) is 8.12. The van der Waals surface area contributed by atoms with Gasteiger partial charge in [-0.05, 0) is 24.3 Å². The zero-order valence-corrected chi connectivity index (χ0v) is 14.6. The molecule has 6 nitrogen and oxygen atoms in total. The molecule has 0 saturated carbocycles. The number of pyridine rings is 2. The van der Waals surface area contributed by atoms with Crippen LogP contribution in [0, 0.1) is 0 Å². The van der Waals surface area contributed by atoms with Crippen molar-refractivity contribution in [1.82, 2.24) is 20.6 Å². The van der Waals surface area contributed by atoms with Gasteiger partial charge in [-0.3, -0.25) is 19.6 Å². The molecule has 0 radical (unpaired) electrons. The van der Waals surface area contributed by atoms with Gasteiger partial charge in [0.1, 0.15) is 0 Å². The Balaban J connectivity index is 1.48. The van der Waals surface area contributed by atoms with E-state index >= 15 is 0 Å². The molecule has 2 amide bonds. The minimum absolute atomic E-state index is 0.113. The zero-order chi connectivity index (χ0) is 17.0. The van der Waals surface area contributed by atoms with Gasteiger partial charge in [0.25, 0.3) is 11.8 Å². The van der Waals surface area contributed by atoms with Gasteiger partial charge in [-0.15, -0.1) is 0 Å². The minimum atomic E-state index is -0.113. The molecule has 0 aliphatic rings. The molecule has 126 valence electrons. The fourth-order valence-electron chi connectivity index (χ4n) is 1.73. The van der Waals surface area contributed by atoms with Crippen LogP contribution < -0.4 is 10.6 Å². The molecule has 2 aromatic rings. The van der Waals surface area contributed by atoms with Gasteiger partial charge in [-0.1, -0.05) is 21.6 Å². The van der Waals surface area contributed by atoms with Gasteiger partial charge in [-0.2, -0.15) is 0 Å². The average Bonchev–Trinajstić information content (AvgIpc) is 2.65. The first-order chi connectivity index (χ1) is 11.8. The van der Waals surface area contributed by atoms with Gasteiger partial charge in [-0.25, -0.2) is 0 Å². The van der Waals surface area contributed by atoms with Crippen LogP contribution in [0.15, 0.2) is 49.1 Å². The highest BCUT2D eigenvalue weighted by Crippen LogP contribution is 2.19. The zero-order valence-electron chi connectivity index (χ0n) is 13.0. The first-order valence-corrected chi connectivity index (χ1v) is 9.87. The summed E-state index contributed by atoms with van der Waals surface area (Å²) in [6.45, 7) is 1.18. The maximum absolute atomic E-state index is 11.8. The number of rotatable bonds is 9. The Hall–Kier alpha value is -2.06. The van der Waals surface area contributed by atoms with Gasteiger partial charge >= 0.3 is 0 Å². The first kappa shape index (κ1) is 18.3. The van der Waals surface area contributed by atoms with Crippen molar-refractivity contribution < 1.29 is 9.59 Å². The van der Waals surface area contributed by atoms with Crippen LogP contribution in [0.1, 0.15) is 20.7 Å². The molecule has 0 spiro atoms. The van der Waals surface area contributed by atoms with Crippen LogP contribution in [0.25, 0.3) is 0 Å². The van der Waals surface area contributed by atoms with E-state index in [2.05, 4.69) is 20.6 Å². The van der Waals surface area contributed by atoms with Crippen LogP contribution in [0.2, 0.25) is 0 Å². The molecule has 0 aliphatic heterocycles. The molecule has 0 fully saturated rings. The van der Waals surface area contributed by atoms with E-state index < -0.39 is 0 Å². The average molecular weight is 362 g/mol. The Morgan fingerprint density at radius 1 is 0.833 bits per heavy atom. The Labute approximate surface area is 148 Å². The van der Waals surface area contributed by atoms with Crippen molar-refractivity contribution in [3.8, 4) is 0 Å². The van der Waals surface area contributed by atoms with Crippen molar-refractivity contribution in [1.29, 1.82) is 0 Å². The molecular formula is C16H18N4O2S2. The van der Waals surface area contributed by atoms with E-state index in [9.17, 15) is 9.59 Å². The molecule has 8 heteroatoms. The summed E-state index contributed by atoms with van der Waals surface area (Å²) in [4.78, 5) is 31.4. The van der Waals surface area contributed by atoms with Gasteiger partial charge in [0, 0.05) is 49.4 Å².